The van der Waals surface area contributed by atoms with Crippen LogP contribution in [0.25, 0.3) is 21.5 Å². The lowest BCUT2D eigenvalue weighted by Gasteiger charge is -2.21. The van der Waals surface area contributed by atoms with Gasteiger partial charge in [-0.15, -0.1) is 11.3 Å². The topological polar surface area (TPSA) is 83.9 Å². The van der Waals surface area contributed by atoms with Gasteiger partial charge in [0, 0.05) is 70.5 Å². The highest BCUT2D eigenvalue weighted by molar-refractivity contribution is 7.15. The molecular formula is C25H23F3N6OS. The van der Waals surface area contributed by atoms with Crippen molar-refractivity contribution in [1.82, 2.24) is 25.3 Å². The average molecular weight is 513 g/mol. The van der Waals surface area contributed by atoms with Crippen LogP contribution in [-0.2, 0) is 6.18 Å². The highest BCUT2D eigenvalue weighted by Crippen LogP contribution is 2.37. The molecule has 0 radical (unpaired) electrons. The van der Waals surface area contributed by atoms with Gasteiger partial charge in [0.25, 0.3) is 5.91 Å². The molecule has 0 bridgehead atoms. The highest BCUT2D eigenvalue weighted by atomic mass is 32.1. The molecule has 1 amide bonds. The number of fused-ring (bicyclic) bond motifs is 1. The maximum Gasteiger partial charge on any atom is 0.451 e. The van der Waals surface area contributed by atoms with Gasteiger partial charge in [-0.3, -0.25) is 9.78 Å². The van der Waals surface area contributed by atoms with E-state index in [-0.39, 0.29) is 5.91 Å². The second-order valence-corrected chi connectivity index (χ2v) is 9.99. The van der Waals surface area contributed by atoms with Gasteiger partial charge in [-0.2, -0.15) is 13.2 Å². The molecule has 4 aromatic rings. The van der Waals surface area contributed by atoms with E-state index in [0.29, 0.717) is 11.1 Å². The predicted octanol–water partition coefficient (Wildman–Crippen LogP) is 5.57. The van der Waals surface area contributed by atoms with Crippen molar-refractivity contribution in [3.8, 4) is 10.6 Å². The molecular weight excluding hydrogens is 489 g/mol. The fourth-order valence-corrected chi connectivity index (χ4v) is 5.10. The molecule has 5 rings (SSSR count). The molecule has 1 aliphatic rings. The largest absolute Gasteiger partial charge is 0.451 e. The van der Waals surface area contributed by atoms with Crippen molar-refractivity contribution in [2.75, 3.05) is 18.0 Å². The highest BCUT2D eigenvalue weighted by Gasteiger charge is 2.34. The number of alkyl halides is 3. The number of hydrogen-bond donors (Lipinski definition) is 1. The van der Waals surface area contributed by atoms with E-state index in [9.17, 15) is 18.0 Å². The zero-order valence-electron chi connectivity index (χ0n) is 19.6. The van der Waals surface area contributed by atoms with E-state index in [1.807, 2.05) is 19.1 Å². The minimum Gasteiger partial charge on any atom is -0.371 e. The number of nitrogens with one attached hydrogen (secondary N) is 1. The van der Waals surface area contributed by atoms with E-state index in [4.69, 9.17) is 0 Å². The van der Waals surface area contributed by atoms with E-state index in [1.54, 1.807) is 25.4 Å². The van der Waals surface area contributed by atoms with Crippen molar-refractivity contribution in [2.24, 2.45) is 0 Å². The van der Waals surface area contributed by atoms with Crippen molar-refractivity contribution in [2.45, 2.75) is 38.9 Å². The number of hydrogen-bond acceptors (Lipinski definition) is 7. The second-order valence-electron chi connectivity index (χ2n) is 8.75. The van der Waals surface area contributed by atoms with Gasteiger partial charge in [0.15, 0.2) is 0 Å². The first kappa shape index (κ1) is 24.1. The summed E-state index contributed by atoms with van der Waals surface area (Å²) in [7, 11) is 0. The Hall–Kier alpha value is -3.60. The monoisotopic (exact) mass is 512 g/mol. The van der Waals surface area contributed by atoms with Gasteiger partial charge >= 0.3 is 6.18 Å². The molecule has 0 aliphatic carbocycles. The molecule has 7 nitrogen and oxygen atoms in total. The van der Waals surface area contributed by atoms with Crippen LogP contribution in [0.1, 0.15) is 52.4 Å². The van der Waals surface area contributed by atoms with Crippen LogP contribution in [0.2, 0.25) is 0 Å². The van der Waals surface area contributed by atoms with E-state index in [0.717, 1.165) is 70.4 Å². The molecule has 11 heteroatoms. The summed E-state index contributed by atoms with van der Waals surface area (Å²) in [5.74, 6) is -1.58. The van der Waals surface area contributed by atoms with Crippen molar-refractivity contribution in [1.29, 1.82) is 0 Å². The van der Waals surface area contributed by atoms with Crippen LogP contribution >= 0.6 is 11.3 Å². The summed E-state index contributed by atoms with van der Waals surface area (Å²) in [5, 5.41) is 4.48. The number of carbonyl (C=O) groups is 1. The number of halogens is 3. The lowest BCUT2D eigenvalue weighted by molar-refractivity contribution is -0.145. The first-order chi connectivity index (χ1) is 17.2. The maximum absolute atomic E-state index is 13.3. The zero-order valence-corrected chi connectivity index (χ0v) is 20.5. The number of carbonyl (C=O) groups excluding carboxylic acids is 1. The third kappa shape index (κ3) is 4.75. The molecule has 1 fully saturated rings. The predicted molar refractivity (Wildman–Crippen MR) is 132 cm³/mol. The molecule has 4 heterocycles. The van der Waals surface area contributed by atoms with Crippen molar-refractivity contribution in [3.63, 3.8) is 0 Å². The smallest absolute Gasteiger partial charge is 0.371 e. The average Bonchev–Trinajstić information content (AvgIpc) is 3.54. The quantitative estimate of drug-likeness (QED) is 0.377. The van der Waals surface area contributed by atoms with E-state index in [2.05, 4.69) is 30.2 Å². The first-order valence-corrected chi connectivity index (χ1v) is 12.3. The number of rotatable bonds is 5. The Balaban J connectivity index is 1.52. The summed E-state index contributed by atoms with van der Waals surface area (Å²) in [5.41, 5.74) is 3.34. The van der Waals surface area contributed by atoms with Crippen LogP contribution in [0.15, 0.2) is 43.0 Å². The molecule has 1 N–H and O–H groups in total. The van der Waals surface area contributed by atoms with Gasteiger partial charge in [-0.25, -0.2) is 15.0 Å². The number of nitrogens with zero attached hydrogens (tertiary/aromatic N) is 5. The van der Waals surface area contributed by atoms with Crippen LogP contribution in [0.3, 0.4) is 0 Å². The number of thiazole rings is 1. The Bertz CT molecular complexity index is 1410. The minimum atomic E-state index is -4.62. The molecule has 1 aliphatic heterocycles. The number of aromatic nitrogens is 4. The van der Waals surface area contributed by atoms with Crippen LogP contribution in [-0.4, -0.2) is 38.9 Å². The third-order valence-corrected chi connectivity index (χ3v) is 7.10. The summed E-state index contributed by atoms with van der Waals surface area (Å²) in [6.07, 6.45) is 3.33. The van der Waals surface area contributed by atoms with Gasteiger partial charge in [0.1, 0.15) is 5.01 Å². The Morgan fingerprint density at radius 2 is 1.81 bits per heavy atom. The van der Waals surface area contributed by atoms with Crippen LogP contribution in [0.5, 0.6) is 0 Å². The van der Waals surface area contributed by atoms with Crippen molar-refractivity contribution in [3.05, 3.63) is 64.8 Å². The molecule has 1 atom stereocenters. The van der Waals surface area contributed by atoms with E-state index in [1.165, 1.54) is 11.3 Å². The summed E-state index contributed by atoms with van der Waals surface area (Å²) < 4.78 is 38.4. The molecule has 186 valence electrons. The van der Waals surface area contributed by atoms with Gasteiger partial charge in [0.05, 0.1) is 11.6 Å². The SMILES string of the molecule is Cc1cnc(-c2cc(C(=O)NC(C)c3cnc(C(F)(F)F)nc3)cc3c(N4CCCC4)ccnc23)s1. The van der Waals surface area contributed by atoms with Gasteiger partial charge < -0.3 is 10.2 Å². The Kier molecular flexibility index (Phi) is 6.33. The normalized spacial score (nSPS) is 14.9. The summed E-state index contributed by atoms with van der Waals surface area (Å²) >= 11 is 1.52. The number of pyridine rings is 1. The fourth-order valence-electron chi connectivity index (χ4n) is 4.32. The molecule has 1 saturated heterocycles. The Morgan fingerprint density at radius 1 is 1.08 bits per heavy atom. The number of amides is 1. The minimum absolute atomic E-state index is 0.366. The number of benzene rings is 1. The van der Waals surface area contributed by atoms with Gasteiger partial charge in [0.2, 0.25) is 5.82 Å². The fraction of sp³-hybridized carbons (Fsp3) is 0.320. The van der Waals surface area contributed by atoms with E-state index < -0.39 is 18.0 Å². The number of aryl methyl sites for hydroxylation is 1. The third-order valence-electron chi connectivity index (χ3n) is 6.16. The van der Waals surface area contributed by atoms with Gasteiger partial charge in [-0.1, -0.05) is 0 Å². The standard InChI is InChI=1S/C25H23F3N6OS/c1-14-11-30-23(36-14)19-10-16(9-18-20(5-6-29-21(18)19)34-7-3-4-8-34)22(35)33-15(2)17-12-31-24(32-13-17)25(26,27)28/h5-6,9-13,15H,3-4,7-8H2,1-2H3,(H,33,35). The molecule has 0 saturated carbocycles. The number of anilines is 1. The maximum atomic E-state index is 13.3. The lowest BCUT2D eigenvalue weighted by atomic mass is 10.0. The summed E-state index contributed by atoms with van der Waals surface area (Å²) in [6, 6.07) is 4.96. The molecule has 0 spiro atoms. The second kappa shape index (κ2) is 9.45. The zero-order chi connectivity index (χ0) is 25.4. The van der Waals surface area contributed by atoms with E-state index >= 15 is 0 Å². The van der Waals surface area contributed by atoms with Crippen LogP contribution in [0, 0.1) is 6.92 Å². The summed E-state index contributed by atoms with van der Waals surface area (Å²) in [4.78, 5) is 32.6. The van der Waals surface area contributed by atoms with Crippen LogP contribution < -0.4 is 10.2 Å². The van der Waals surface area contributed by atoms with Crippen molar-refractivity contribution >= 4 is 33.8 Å². The first-order valence-electron chi connectivity index (χ1n) is 11.5. The van der Waals surface area contributed by atoms with Gasteiger partial charge in [-0.05, 0) is 44.9 Å². The lowest BCUT2D eigenvalue weighted by Crippen LogP contribution is -2.27. The summed E-state index contributed by atoms with van der Waals surface area (Å²) in [6.45, 7) is 5.52. The Morgan fingerprint density at radius 3 is 2.44 bits per heavy atom. The molecule has 36 heavy (non-hydrogen) atoms. The molecule has 3 aromatic heterocycles. The molecule has 1 aromatic carbocycles. The van der Waals surface area contributed by atoms with Crippen LogP contribution in [0.4, 0.5) is 18.9 Å². The Labute approximate surface area is 209 Å². The molecule has 1 unspecified atom stereocenters. The van der Waals surface area contributed by atoms with Crippen molar-refractivity contribution < 1.29 is 18.0 Å².